The maximum Gasteiger partial charge on any atom is 0.254 e. The number of imidazole rings is 1. The van der Waals surface area contributed by atoms with E-state index < -0.39 is 0 Å². The van der Waals surface area contributed by atoms with Crippen molar-refractivity contribution in [2.75, 3.05) is 31.1 Å². The van der Waals surface area contributed by atoms with Crippen LogP contribution in [0, 0.1) is 0 Å². The Morgan fingerprint density at radius 1 is 0.818 bits per heavy atom. The predicted octanol–water partition coefficient (Wildman–Crippen LogP) is 3.91. The largest absolute Gasteiger partial charge is 0.352 e. The number of hydrogen-bond acceptors (Lipinski definition) is 5. The van der Waals surface area contributed by atoms with Gasteiger partial charge in [-0.1, -0.05) is 42.5 Å². The van der Waals surface area contributed by atoms with Gasteiger partial charge in [-0.15, -0.1) is 0 Å². The third-order valence-corrected chi connectivity index (χ3v) is 6.10. The first kappa shape index (κ1) is 19.4. The van der Waals surface area contributed by atoms with E-state index in [-0.39, 0.29) is 5.91 Å². The van der Waals surface area contributed by atoms with Crippen LogP contribution in [0.2, 0.25) is 0 Å². The smallest absolute Gasteiger partial charge is 0.254 e. The molecule has 4 heterocycles. The Balaban J connectivity index is 1.17. The lowest BCUT2D eigenvalue weighted by molar-refractivity contribution is 0.0746. The molecule has 7 heteroatoms. The van der Waals surface area contributed by atoms with Crippen LogP contribution in [0.3, 0.4) is 0 Å². The summed E-state index contributed by atoms with van der Waals surface area (Å²) in [5.74, 6) is 0.888. The first-order valence-electron chi connectivity index (χ1n) is 11.0. The molecule has 33 heavy (non-hydrogen) atoms. The average Bonchev–Trinajstić information content (AvgIpc) is 3.32. The molecule has 0 saturated carbocycles. The molecule has 1 amide bonds. The van der Waals surface area contributed by atoms with Crippen molar-refractivity contribution in [2.45, 2.75) is 0 Å². The van der Waals surface area contributed by atoms with Crippen molar-refractivity contribution in [1.82, 2.24) is 24.3 Å². The van der Waals surface area contributed by atoms with Crippen molar-refractivity contribution >= 4 is 28.4 Å². The van der Waals surface area contributed by atoms with Gasteiger partial charge < -0.3 is 14.2 Å². The Morgan fingerprint density at radius 2 is 1.58 bits per heavy atom. The highest BCUT2D eigenvalue weighted by molar-refractivity contribution is 5.95. The quantitative estimate of drug-likeness (QED) is 0.431. The number of pyridine rings is 1. The van der Waals surface area contributed by atoms with Crippen molar-refractivity contribution in [2.24, 2.45) is 0 Å². The molecule has 1 aliphatic heterocycles. The number of aromatic nitrogens is 4. The molecule has 5 aromatic rings. The number of carbonyl (C=O) groups is 1. The van der Waals surface area contributed by atoms with Gasteiger partial charge in [-0.25, -0.2) is 9.97 Å². The zero-order valence-corrected chi connectivity index (χ0v) is 18.0. The van der Waals surface area contributed by atoms with Crippen LogP contribution in [0.5, 0.6) is 0 Å². The molecule has 0 N–H and O–H groups in total. The van der Waals surface area contributed by atoms with Crippen LogP contribution in [0.15, 0.2) is 85.3 Å². The number of rotatable bonds is 3. The minimum Gasteiger partial charge on any atom is -0.352 e. The second-order valence-corrected chi connectivity index (χ2v) is 8.17. The van der Waals surface area contributed by atoms with Gasteiger partial charge in [0.05, 0.1) is 22.9 Å². The van der Waals surface area contributed by atoms with E-state index in [9.17, 15) is 4.79 Å². The first-order valence-corrected chi connectivity index (χ1v) is 11.0. The fourth-order valence-corrected chi connectivity index (χ4v) is 4.28. The van der Waals surface area contributed by atoms with Crippen LogP contribution in [0.1, 0.15) is 10.4 Å². The Kier molecular flexibility index (Phi) is 4.72. The van der Waals surface area contributed by atoms with Gasteiger partial charge in [-0.3, -0.25) is 9.78 Å². The number of anilines is 1. The summed E-state index contributed by atoms with van der Waals surface area (Å²) in [4.78, 5) is 31.2. The van der Waals surface area contributed by atoms with Gasteiger partial charge in [0.1, 0.15) is 11.5 Å². The summed E-state index contributed by atoms with van der Waals surface area (Å²) >= 11 is 0. The highest BCUT2D eigenvalue weighted by Crippen LogP contribution is 2.21. The molecule has 0 radical (unpaired) electrons. The van der Waals surface area contributed by atoms with Crippen molar-refractivity contribution in [3.8, 4) is 11.3 Å². The summed E-state index contributed by atoms with van der Waals surface area (Å²) in [5, 5.41) is 0. The van der Waals surface area contributed by atoms with E-state index in [2.05, 4.69) is 9.88 Å². The van der Waals surface area contributed by atoms with E-state index in [0.717, 1.165) is 46.8 Å². The normalized spacial score (nSPS) is 14.2. The van der Waals surface area contributed by atoms with Crippen molar-refractivity contribution in [3.05, 3.63) is 90.9 Å². The monoisotopic (exact) mass is 434 g/mol. The van der Waals surface area contributed by atoms with Crippen molar-refractivity contribution in [1.29, 1.82) is 0 Å². The minimum atomic E-state index is 0.0333. The number of benzene rings is 2. The second kappa shape index (κ2) is 8.02. The first-order chi connectivity index (χ1) is 16.2. The Morgan fingerprint density at radius 3 is 2.39 bits per heavy atom. The topological polar surface area (TPSA) is 66.6 Å². The van der Waals surface area contributed by atoms with Gasteiger partial charge in [0.15, 0.2) is 0 Å². The van der Waals surface area contributed by atoms with Gasteiger partial charge >= 0.3 is 0 Å². The molecule has 2 aromatic carbocycles. The molecule has 162 valence electrons. The molecular weight excluding hydrogens is 412 g/mol. The van der Waals surface area contributed by atoms with Gasteiger partial charge in [0.2, 0.25) is 0 Å². The lowest BCUT2D eigenvalue weighted by Gasteiger charge is -2.35. The molecule has 0 bridgehead atoms. The highest BCUT2D eigenvalue weighted by Gasteiger charge is 2.23. The number of piperazine rings is 1. The summed E-state index contributed by atoms with van der Waals surface area (Å²) in [7, 11) is 0. The van der Waals surface area contributed by atoms with E-state index in [1.54, 1.807) is 0 Å². The van der Waals surface area contributed by atoms with Gasteiger partial charge in [0, 0.05) is 49.7 Å². The maximum absolute atomic E-state index is 13.2. The molecule has 0 spiro atoms. The molecule has 0 aliphatic carbocycles. The van der Waals surface area contributed by atoms with E-state index in [1.807, 2.05) is 94.6 Å². The van der Waals surface area contributed by atoms with Crippen molar-refractivity contribution < 1.29 is 4.79 Å². The number of hydrogen-bond donors (Lipinski definition) is 0. The van der Waals surface area contributed by atoms with Crippen LogP contribution < -0.4 is 4.90 Å². The Hall–Kier alpha value is -4.26. The molecular formula is C26H22N6O. The lowest BCUT2D eigenvalue weighted by Crippen LogP contribution is -2.49. The fraction of sp³-hybridized carbons (Fsp3) is 0.154. The second-order valence-electron chi connectivity index (χ2n) is 8.17. The summed E-state index contributed by atoms with van der Waals surface area (Å²) in [5.41, 5.74) is 5.15. The predicted molar refractivity (Wildman–Crippen MR) is 128 cm³/mol. The van der Waals surface area contributed by atoms with Crippen LogP contribution in [-0.2, 0) is 0 Å². The standard InChI is InChI=1S/C26H22N6O/c33-26(20-10-11-32-18-23(29-24(32)16-20)19-6-2-1-3-7-19)31-14-12-30(13-15-31)25-17-27-21-8-4-5-9-22(21)28-25/h1-11,16-18H,12-15H2. The average molecular weight is 435 g/mol. The lowest BCUT2D eigenvalue weighted by atomic mass is 10.2. The maximum atomic E-state index is 13.2. The fourth-order valence-electron chi connectivity index (χ4n) is 4.28. The number of nitrogens with zero attached hydrogens (tertiary/aromatic N) is 6. The number of amides is 1. The summed E-state index contributed by atoms with van der Waals surface area (Å²) in [6, 6.07) is 21.7. The van der Waals surface area contributed by atoms with Crippen molar-refractivity contribution in [3.63, 3.8) is 0 Å². The number of carbonyl (C=O) groups excluding carboxylic acids is 1. The molecule has 7 nitrogen and oxygen atoms in total. The number of fused-ring (bicyclic) bond motifs is 2. The highest BCUT2D eigenvalue weighted by atomic mass is 16.2. The SMILES string of the molecule is O=C(c1ccn2cc(-c3ccccc3)nc2c1)N1CCN(c2cnc3ccccc3n2)CC1. The van der Waals surface area contributed by atoms with Gasteiger partial charge in [-0.2, -0.15) is 0 Å². The van der Waals surface area contributed by atoms with E-state index in [0.29, 0.717) is 18.7 Å². The van der Waals surface area contributed by atoms with Gasteiger partial charge in [-0.05, 0) is 24.3 Å². The third kappa shape index (κ3) is 3.67. The zero-order valence-electron chi connectivity index (χ0n) is 18.0. The molecule has 1 saturated heterocycles. The van der Waals surface area contributed by atoms with Crippen LogP contribution in [0.25, 0.3) is 27.9 Å². The van der Waals surface area contributed by atoms with E-state index in [1.165, 1.54) is 0 Å². The summed E-state index contributed by atoms with van der Waals surface area (Å²) in [6.45, 7) is 2.73. The Bertz CT molecular complexity index is 1450. The summed E-state index contributed by atoms with van der Waals surface area (Å²) in [6.07, 6.45) is 5.71. The van der Waals surface area contributed by atoms with E-state index >= 15 is 0 Å². The van der Waals surface area contributed by atoms with E-state index in [4.69, 9.17) is 9.97 Å². The van der Waals surface area contributed by atoms with Crippen LogP contribution >= 0.6 is 0 Å². The summed E-state index contributed by atoms with van der Waals surface area (Å²) < 4.78 is 1.95. The molecule has 1 fully saturated rings. The molecule has 0 unspecified atom stereocenters. The molecule has 0 atom stereocenters. The molecule has 6 rings (SSSR count). The number of para-hydroxylation sites is 2. The third-order valence-electron chi connectivity index (χ3n) is 6.10. The van der Waals surface area contributed by atoms with Crippen LogP contribution in [0.4, 0.5) is 5.82 Å². The van der Waals surface area contributed by atoms with Crippen LogP contribution in [-0.4, -0.2) is 56.3 Å². The zero-order chi connectivity index (χ0) is 22.2. The Labute approximate surface area is 191 Å². The van der Waals surface area contributed by atoms with Gasteiger partial charge in [0.25, 0.3) is 5.91 Å². The molecule has 1 aliphatic rings. The minimum absolute atomic E-state index is 0.0333. The molecule has 3 aromatic heterocycles.